The summed E-state index contributed by atoms with van der Waals surface area (Å²) >= 11 is 1.14. The highest BCUT2D eigenvalue weighted by molar-refractivity contribution is 7.11. The van der Waals surface area contributed by atoms with Gasteiger partial charge in [-0.05, 0) is 25.1 Å². The molecule has 0 amide bonds. The fraction of sp³-hybridized carbons (Fsp3) is 0.250. The van der Waals surface area contributed by atoms with Crippen molar-refractivity contribution < 1.29 is 23.5 Å². The lowest BCUT2D eigenvalue weighted by Crippen LogP contribution is -2.06. The predicted octanol–water partition coefficient (Wildman–Crippen LogP) is 2.51. The molecule has 0 atom stereocenters. The van der Waals surface area contributed by atoms with Crippen LogP contribution in [0.5, 0.6) is 0 Å². The van der Waals surface area contributed by atoms with Crippen molar-refractivity contribution in [3.05, 3.63) is 58.2 Å². The van der Waals surface area contributed by atoms with Gasteiger partial charge >= 0.3 is 11.9 Å². The van der Waals surface area contributed by atoms with E-state index in [9.17, 15) is 9.59 Å². The van der Waals surface area contributed by atoms with Crippen molar-refractivity contribution in [2.75, 3.05) is 6.61 Å². The van der Waals surface area contributed by atoms with Crippen LogP contribution in [0.4, 0.5) is 0 Å². The second kappa shape index (κ2) is 7.75. The molecule has 0 aliphatic carbocycles. The summed E-state index contributed by atoms with van der Waals surface area (Å²) in [6, 6.07) is 5.04. The van der Waals surface area contributed by atoms with E-state index in [-0.39, 0.29) is 24.0 Å². The molecule has 3 aromatic rings. The van der Waals surface area contributed by atoms with Crippen molar-refractivity contribution in [2.45, 2.75) is 20.1 Å². The van der Waals surface area contributed by atoms with Gasteiger partial charge in [0.15, 0.2) is 0 Å². The third kappa shape index (κ3) is 4.32. The van der Waals surface area contributed by atoms with Gasteiger partial charge in [0.05, 0.1) is 18.8 Å². The van der Waals surface area contributed by atoms with Gasteiger partial charge in [-0.25, -0.2) is 14.6 Å². The molecule has 0 aliphatic heterocycles. The number of rotatable bonds is 7. The van der Waals surface area contributed by atoms with E-state index in [1.54, 1.807) is 47.6 Å². The van der Waals surface area contributed by atoms with Gasteiger partial charge in [0.25, 0.3) is 0 Å². The summed E-state index contributed by atoms with van der Waals surface area (Å²) in [5, 5.41) is 5.94. The molecule has 3 heterocycles. The van der Waals surface area contributed by atoms with Crippen molar-refractivity contribution in [1.29, 1.82) is 0 Å². The smallest absolute Gasteiger partial charge is 0.374 e. The van der Waals surface area contributed by atoms with Crippen LogP contribution >= 0.6 is 11.3 Å². The van der Waals surface area contributed by atoms with E-state index < -0.39 is 11.9 Å². The molecule has 0 N–H and O–H groups in total. The summed E-state index contributed by atoms with van der Waals surface area (Å²) in [6.07, 6.45) is 3.46. The lowest BCUT2D eigenvalue weighted by atomic mass is 10.4. The first-order chi connectivity index (χ1) is 12.2. The average Bonchev–Trinajstić information content (AvgIpc) is 3.35. The van der Waals surface area contributed by atoms with Crippen LogP contribution < -0.4 is 0 Å². The van der Waals surface area contributed by atoms with Gasteiger partial charge in [-0.3, -0.25) is 4.68 Å². The van der Waals surface area contributed by atoms with Crippen LogP contribution in [0, 0.1) is 0 Å². The number of aromatic nitrogens is 3. The van der Waals surface area contributed by atoms with Crippen LogP contribution in [0.2, 0.25) is 0 Å². The number of ether oxygens (including phenoxy) is 2. The van der Waals surface area contributed by atoms with Gasteiger partial charge in [0.1, 0.15) is 12.4 Å². The van der Waals surface area contributed by atoms with Crippen LogP contribution in [-0.2, 0) is 22.6 Å². The topological polar surface area (TPSA) is 96.5 Å². The second-order valence-corrected chi connectivity index (χ2v) is 5.77. The van der Waals surface area contributed by atoms with Crippen molar-refractivity contribution >= 4 is 23.3 Å². The van der Waals surface area contributed by atoms with Crippen LogP contribution in [0.25, 0.3) is 0 Å². The number of nitrogens with zero attached hydrogens (tertiary/aromatic N) is 3. The Morgan fingerprint density at radius 3 is 2.92 bits per heavy atom. The summed E-state index contributed by atoms with van der Waals surface area (Å²) in [7, 11) is 0. The highest BCUT2D eigenvalue weighted by atomic mass is 32.1. The average molecular weight is 361 g/mol. The fourth-order valence-corrected chi connectivity index (χ4v) is 2.69. The highest BCUT2D eigenvalue weighted by Crippen LogP contribution is 2.14. The molecule has 3 aromatic heterocycles. The third-order valence-electron chi connectivity index (χ3n) is 3.09. The lowest BCUT2D eigenvalue weighted by molar-refractivity contribution is 0.0429. The van der Waals surface area contributed by atoms with Crippen LogP contribution in [0.3, 0.4) is 0 Å². The zero-order valence-electron chi connectivity index (χ0n) is 13.4. The number of esters is 2. The summed E-state index contributed by atoms with van der Waals surface area (Å²) in [5.41, 5.74) is 0.477. The van der Waals surface area contributed by atoms with E-state index in [0.717, 1.165) is 11.3 Å². The van der Waals surface area contributed by atoms with Crippen molar-refractivity contribution in [2.24, 2.45) is 0 Å². The number of carbonyl (C=O) groups excluding carboxylic acids is 2. The van der Waals surface area contributed by atoms with Gasteiger partial charge < -0.3 is 13.9 Å². The van der Waals surface area contributed by atoms with Gasteiger partial charge in [-0.1, -0.05) is 0 Å². The molecule has 9 heteroatoms. The zero-order chi connectivity index (χ0) is 17.6. The molecule has 0 unspecified atom stereocenters. The standard InChI is InChI=1S/C16H15N3O5S/c1-2-22-16(21)14-18-11(10-25-14)9-23-15(20)13-5-4-12(24-13)8-19-7-3-6-17-19/h3-7,10H,2,8-9H2,1H3. The largest absolute Gasteiger partial charge is 0.461 e. The van der Waals surface area contributed by atoms with Gasteiger partial charge in [-0.2, -0.15) is 5.10 Å². The Kier molecular flexibility index (Phi) is 5.24. The highest BCUT2D eigenvalue weighted by Gasteiger charge is 2.16. The summed E-state index contributed by atoms with van der Waals surface area (Å²) in [6.45, 7) is 2.37. The van der Waals surface area contributed by atoms with Gasteiger partial charge in [-0.15, -0.1) is 11.3 Å². The molecule has 130 valence electrons. The minimum absolute atomic E-state index is 0.0517. The SMILES string of the molecule is CCOC(=O)c1nc(COC(=O)c2ccc(Cn3cccn3)o2)cs1. The summed E-state index contributed by atoms with van der Waals surface area (Å²) in [5.74, 6) is -0.395. The Labute approximate surface area is 147 Å². The molecule has 25 heavy (non-hydrogen) atoms. The Bertz CT molecular complexity index is 853. The van der Waals surface area contributed by atoms with E-state index in [0.29, 0.717) is 18.0 Å². The Hall–Kier alpha value is -2.94. The first-order valence-corrected chi connectivity index (χ1v) is 8.38. The van der Waals surface area contributed by atoms with Crippen molar-refractivity contribution in [3.8, 4) is 0 Å². The number of thiazole rings is 1. The fourth-order valence-electron chi connectivity index (χ4n) is 2.00. The Morgan fingerprint density at radius 2 is 2.16 bits per heavy atom. The van der Waals surface area contributed by atoms with Gasteiger partial charge in [0.2, 0.25) is 10.8 Å². The molecule has 3 rings (SSSR count). The third-order valence-corrected chi connectivity index (χ3v) is 3.96. The zero-order valence-corrected chi connectivity index (χ0v) is 14.2. The molecule has 8 nitrogen and oxygen atoms in total. The minimum Gasteiger partial charge on any atom is -0.461 e. The molecule has 0 aliphatic rings. The molecular weight excluding hydrogens is 346 g/mol. The lowest BCUT2D eigenvalue weighted by Gasteiger charge is -2.01. The van der Waals surface area contributed by atoms with Crippen molar-refractivity contribution in [1.82, 2.24) is 14.8 Å². The molecule has 0 aromatic carbocycles. The molecule has 0 radical (unpaired) electrons. The van der Waals surface area contributed by atoms with Crippen molar-refractivity contribution in [3.63, 3.8) is 0 Å². The monoisotopic (exact) mass is 361 g/mol. The minimum atomic E-state index is -0.600. The number of hydrogen-bond donors (Lipinski definition) is 0. The summed E-state index contributed by atoms with van der Waals surface area (Å²) in [4.78, 5) is 27.6. The quantitative estimate of drug-likeness (QED) is 0.597. The second-order valence-electron chi connectivity index (χ2n) is 4.91. The summed E-state index contributed by atoms with van der Waals surface area (Å²) < 4.78 is 17.1. The van der Waals surface area contributed by atoms with E-state index >= 15 is 0 Å². The predicted molar refractivity (Wildman–Crippen MR) is 87.2 cm³/mol. The molecular formula is C16H15N3O5S. The van der Waals surface area contributed by atoms with E-state index in [1.807, 2.05) is 0 Å². The molecule has 0 bridgehead atoms. The molecule has 0 spiro atoms. The van der Waals surface area contributed by atoms with E-state index in [4.69, 9.17) is 13.9 Å². The maximum Gasteiger partial charge on any atom is 0.374 e. The Balaban J connectivity index is 1.54. The molecule has 0 fully saturated rings. The molecule has 0 saturated carbocycles. The first kappa shape index (κ1) is 16.9. The normalized spacial score (nSPS) is 10.6. The van der Waals surface area contributed by atoms with Gasteiger partial charge in [0, 0.05) is 17.8 Å². The Morgan fingerprint density at radius 1 is 1.28 bits per heavy atom. The molecule has 0 saturated heterocycles. The van der Waals surface area contributed by atoms with E-state index in [1.165, 1.54) is 0 Å². The van der Waals surface area contributed by atoms with Crippen LogP contribution in [0.1, 0.15) is 38.7 Å². The number of furan rings is 1. The van der Waals surface area contributed by atoms with Crippen LogP contribution in [0.15, 0.2) is 40.4 Å². The maximum atomic E-state index is 12.0. The van der Waals surface area contributed by atoms with Crippen LogP contribution in [-0.4, -0.2) is 33.3 Å². The first-order valence-electron chi connectivity index (χ1n) is 7.50. The maximum absolute atomic E-state index is 12.0. The number of carbonyl (C=O) groups is 2. The van der Waals surface area contributed by atoms with E-state index in [2.05, 4.69) is 10.1 Å². The number of hydrogen-bond acceptors (Lipinski definition) is 8.